The molecule has 0 bridgehead atoms. The zero-order valence-electron chi connectivity index (χ0n) is 16.9. The highest BCUT2D eigenvalue weighted by molar-refractivity contribution is 9.10. The Bertz CT molecular complexity index is 938. The summed E-state index contributed by atoms with van der Waals surface area (Å²) in [6.45, 7) is 3.86. The van der Waals surface area contributed by atoms with Crippen LogP contribution in [0.15, 0.2) is 58.7 Å². The van der Waals surface area contributed by atoms with Gasteiger partial charge in [-0.15, -0.1) is 0 Å². The fraction of sp³-hybridized carbons (Fsp3) is 0.261. The number of hydrogen-bond donors (Lipinski definition) is 3. The standard InChI is InChI=1S/C23H25BrN2O4/c1-3-4-8-19(23(29)30)25-22(28)20(14-16-6-5-7-18(24)13-16)26-21(27)17-11-9-15(2)10-12-17/h5-7,9-14,19H,3-4,8H2,1-2H3,(H,25,28)(H,26,27)(H,29,30)/b20-14-/t19-/m0/s1. The summed E-state index contributed by atoms with van der Waals surface area (Å²) in [6.07, 6.45) is 3.31. The number of carboxylic acids is 1. The number of carbonyl (C=O) groups is 3. The van der Waals surface area contributed by atoms with Crippen molar-refractivity contribution in [2.45, 2.75) is 39.2 Å². The van der Waals surface area contributed by atoms with Crippen LogP contribution in [0.3, 0.4) is 0 Å². The summed E-state index contributed by atoms with van der Waals surface area (Å²) in [6, 6.07) is 13.1. The first-order valence-corrected chi connectivity index (χ1v) is 10.5. The second kappa shape index (κ2) is 11.3. The van der Waals surface area contributed by atoms with Gasteiger partial charge in [-0.3, -0.25) is 9.59 Å². The Kier molecular flexibility index (Phi) is 8.80. The Hall–Kier alpha value is -2.93. The number of halogens is 1. The third kappa shape index (κ3) is 7.15. The molecule has 0 aliphatic carbocycles. The molecule has 0 spiro atoms. The van der Waals surface area contributed by atoms with E-state index in [9.17, 15) is 19.5 Å². The van der Waals surface area contributed by atoms with Crippen LogP contribution in [0.25, 0.3) is 6.08 Å². The number of rotatable bonds is 9. The van der Waals surface area contributed by atoms with Crippen LogP contribution >= 0.6 is 15.9 Å². The first-order valence-electron chi connectivity index (χ1n) is 9.69. The number of benzene rings is 2. The predicted octanol–water partition coefficient (Wildman–Crippen LogP) is 4.29. The monoisotopic (exact) mass is 472 g/mol. The first-order chi connectivity index (χ1) is 14.3. The van der Waals surface area contributed by atoms with E-state index in [0.29, 0.717) is 24.0 Å². The highest BCUT2D eigenvalue weighted by atomic mass is 79.9. The number of unbranched alkanes of at least 4 members (excludes halogenated alkanes) is 1. The van der Waals surface area contributed by atoms with Gasteiger partial charge in [-0.25, -0.2) is 4.79 Å². The quantitative estimate of drug-likeness (QED) is 0.474. The molecule has 0 fully saturated rings. The summed E-state index contributed by atoms with van der Waals surface area (Å²) in [5.41, 5.74) is 2.06. The van der Waals surface area contributed by atoms with E-state index < -0.39 is 23.8 Å². The lowest BCUT2D eigenvalue weighted by Crippen LogP contribution is -2.44. The summed E-state index contributed by atoms with van der Waals surface area (Å²) < 4.78 is 0.812. The molecule has 0 aromatic heterocycles. The van der Waals surface area contributed by atoms with Crippen molar-refractivity contribution in [1.29, 1.82) is 0 Å². The molecule has 0 radical (unpaired) electrons. The molecule has 0 unspecified atom stereocenters. The van der Waals surface area contributed by atoms with Gasteiger partial charge in [0.2, 0.25) is 0 Å². The summed E-state index contributed by atoms with van der Waals surface area (Å²) in [5, 5.41) is 14.6. The van der Waals surface area contributed by atoms with Crippen molar-refractivity contribution in [3.63, 3.8) is 0 Å². The van der Waals surface area contributed by atoms with E-state index in [2.05, 4.69) is 26.6 Å². The lowest BCUT2D eigenvalue weighted by atomic mass is 10.1. The van der Waals surface area contributed by atoms with Crippen LogP contribution in [0.1, 0.15) is 47.7 Å². The average Bonchev–Trinajstić information content (AvgIpc) is 2.70. The van der Waals surface area contributed by atoms with Crippen LogP contribution in [-0.4, -0.2) is 28.9 Å². The normalized spacial score (nSPS) is 12.2. The minimum atomic E-state index is -1.11. The van der Waals surface area contributed by atoms with Crippen LogP contribution in [0.2, 0.25) is 0 Å². The summed E-state index contributed by atoms with van der Waals surface area (Å²) in [4.78, 5) is 37.0. The number of amides is 2. The van der Waals surface area contributed by atoms with Crippen molar-refractivity contribution in [2.75, 3.05) is 0 Å². The van der Waals surface area contributed by atoms with E-state index in [4.69, 9.17) is 0 Å². The number of carboxylic acid groups (broad SMARTS) is 1. The Morgan fingerprint density at radius 1 is 1.13 bits per heavy atom. The highest BCUT2D eigenvalue weighted by Crippen LogP contribution is 2.15. The fourth-order valence-electron chi connectivity index (χ4n) is 2.72. The second-order valence-corrected chi connectivity index (χ2v) is 7.86. The van der Waals surface area contributed by atoms with Gasteiger partial charge in [0.05, 0.1) is 0 Å². The van der Waals surface area contributed by atoms with Gasteiger partial charge in [-0.2, -0.15) is 0 Å². The maximum atomic E-state index is 12.9. The lowest BCUT2D eigenvalue weighted by Gasteiger charge is -2.16. The van der Waals surface area contributed by atoms with Gasteiger partial charge in [0.25, 0.3) is 11.8 Å². The minimum absolute atomic E-state index is 0.0265. The zero-order chi connectivity index (χ0) is 22.1. The van der Waals surface area contributed by atoms with Crippen molar-refractivity contribution in [1.82, 2.24) is 10.6 Å². The van der Waals surface area contributed by atoms with Crippen molar-refractivity contribution < 1.29 is 19.5 Å². The number of aryl methyl sites for hydroxylation is 1. The molecule has 2 aromatic carbocycles. The molecule has 7 heteroatoms. The van der Waals surface area contributed by atoms with Gasteiger partial charge in [0, 0.05) is 10.0 Å². The first kappa shape index (κ1) is 23.3. The molecule has 0 saturated heterocycles. The SMILES string of the molecule is CCCC[C@H](NC(=O)/C(=C/c1cccc(Br)c1)NC(=O)c1ccc(C)cc1)C(=O)O. The van der Waals surface area contributed by atoms with Gasteiger partial charge in [0.1, 0.15) is 11.7 Å². The van der Waals surface area contributed by atoms with Gasteiger partial charge in [0.15, 0.2) is 0 Å². The van der Waals surface area contributed by atoms with E-state index >= 15 is 0 Å². The summed E-state index contributed by atoms with van der Waals surface area (Å²) in [5.74, 6) is -2.21. The van der Waals surface area contributed by atoms with Crippen LogP contribution < -0.4 is 10.6 Å². The number of hydrogen-bond acceptors (Lipinski definition) is 3. The highest BCUT2D eigenvalue weighted by Gasteiger charge is 2.22. The molecule has 2 amide bonds. The van der Waals surface area contributed by atoms with Crippen LogP contribution in [0.5, 0.6) is 0 Å². The van der Waals surface area contributed by atoms with Crippen LogP contribution in [0, 0.1) is 6.92 Å². The van der Waals surface area contributed by atoms with Crippen molar-refractivity contribution >= 4 is 39.8 Å². The van der Waals surface area contributed by atoms with E-state index in [1.165, 1.54) is 6.08 Å². The topological polar surface area (TPSA) is 95.5 Å². The molecule has 158 valence electrons. The molecule has 1 atom stereocenters. The molecule has 0 heterocycles. The lowest BCUT2D eigenvalue weighted by molar-refractivity contribution is -0.141. The minimum Gasteiger partial charge on any atom is -0.480 e. The Balaban J connectivity index is 2.30. The Morgan fingerprint density at radius 3 is 2.43 bits per heavy atom. The van der Waals surface area contributed by atoms with E-state index in [0.717, 1.165) is 16.5 Å². The fourth-order valence-corrected chi connectivity index (χ4v) is 3.14. The van der Waals surface area contributed by atoms with Crippen LogP contribution in [0.4, 0.5) is 0 Å². The van der Waals surface area contributed by atoms with Crippen LogP contribution in [-0.2, 0) is 9.59 Å². The average molecular weight is 473 g/mol. The molecule has 6 nitrogen and oxygen atoms in total. The molecule has 0 aliphatic heterocycles. The van der Waals surface area contributed by atoms with E-state index in [1.807, 2.05) is 19.9 Å². The molecule has 0 saturated carbocycles. The molecule has 2 rings (SSSR count). The predicted molar refractivity (Wildman–Crippen MR) is 120 cm³/mol. The van der Waals surface area contributed by atoms with E-state index in [1.54, 1.807) is 42.5 Å². The zero-order valence-corrected chi connectivity index (χ0v) is 18.5. The van der Waals surface area contributed by atoms with Crippen molar-refractivity contribution in [3.05, 3.63) is 75.4 Å². The second-order valence-electron chi connectivity index (χ2n) is 6.94. The maximum Gasteiger partial charge on any atom is 0.326 e. The third-order valence-electron chi connectivity index (χ3n) is 4.42. The van der Waals surface area contributed by atoms with Gasteiger partial charge >= 0.3 is 5.97 Å². The van der Waals surface area contributed by atoms with Gasteiger partial charge in [-0.05, 0) is 49.2 Å². The Labute approximate surface area is 184 Å². The molecule has 0 aliphatic rings. The smallest absolute Gasteiger partial charge is 0.326 e. The molecular weight excluding hydrogens is 448 g/mol. The van der Waals surface area contributed by atoms with Gasteiger partial charge < -0.3 is 15.7 Å². The molecular formula is C23H25BrN2O4. The maximum absolute atomic E-state index is 12.9. The molecule has 2 aromatic rings. The number of carbonyl (C=O) groups excluding carboxylic acids is 2. The summed E-state index contributed by atoms with van der Waals surface area (Å²) >= 11 is 3.38. The molecule has 3 N–H and O–H groups in total. The largest absolute Gasteiger partial charge is 0.480 e. The van der Waals surface area contributed by atoms with Crippen molar-refractivity contribution in [2.24, 2.45) is 0 Å². The van der Waals surface area contributed by atoms with Crippen molar-refractivity contribution in [3.8, 4) is 0 Å². The van der Waals surface area contributed by atoms with Gasteiger partial charge in [-0.1, -0.05) is 65.5 Å². The third-order valence-corrected chi connectivity index (χ3v) is 4.91. The van der Waals surface area contributed by atoms with E-state index in [-0.39, 0.29) is 5.70 Å². The number of nitrogens with one attached hydrogen (secondary N) is 2. The Morgan fingerprint density at radius 2 is 1.83 bits per heavy atom. The number of aliphatic carboxylic acids is 1. The molecule has 30 heavy (non-hydrogen) atoms. The summed E-state index contributed by atoms with van der Waals surface area (Å²) in [7, 11) is 0.